The average molecular weight is 297 g/mol. The highest BCUT2D eigenvalue weighted by Gasteiger charge is 2.22. The van der Waals surface area contributed by atoms with E-state index in [0.717, 1.165) is 11.9 Å². The van der Waals surface area contributed by atoms with Crippen LogP contribution in [0.4, 0.5) is 5.82 Å². The SMILES string of the molecule is CCC1CCCCCN1c1ncccc1CBr. The first-order valence-electron chi connectivity index (χ1n) is 6.63. The molecule has 0 N–H and O–H groups in total. The molecular formula is C14H21BrN2. The zero-order valence-electron chi connectivity index (χ0n) is 10.5. The van der Waals surface area contributed by atoms with E-state index in [2.05, 4.69) is 38.8 Å². The van der Waals surface area contributed by atoms with Gasteiger partial charge in [-0.3, -0.25) is 0 Å². The molecular weight excluding hydrogens is 276 g/mol. The Morgan fingerprint density at radius 1 is 1.41 bits per heavy atom. The second-order valence-corrected chi connectivity index (χ2v) is 5.29. The molecule has 2 heterocycles. The van der Waals surface area contributed by atoms with Crippen LogP contribution in [0.25, 0.3) is 0 Å². The quantitative estimate of drug-likeness (QED) is 0.780. The van der Waals surface area contributed by atoms with Gasteiger partial charge in [0.2, 0.25) is 0 Å². The Bertz CT molecular complexity index is 354. The molecule has 1 saturated heterocycles. The molecule has 0 aromatic carbocycles. The number of aromatic nitrogens is 1. The zero-order valence-corrected chi connectivity index (χ0v) is 12.1. The molecule has 17 heavy (non-hydrogen) atoms. The molecule has 0 spiro atoms. The van der Waals surface area contributed by atoms with Gasteiger partial charge in [-0.05, 0) is 25.3 Å². The summed E-state index contributed by atoms with van der Waals surface area (Å²) in [5.41, 5.74) is 1.31. The van der Waals surface area contributed by atoms with E-state index in [1.165, 1.54) is 43.5 Å². The number of hydrogen-bond acceptors (Lipinski definition) is 2. The lowest BCUT2D eigenvalue weighted by Gasteiger charge is -2.31. The average Bonchev–Trinajstić information content (AvgIpc) is 2.63. The van der Waals surface area contributed by atoms with Crippen LogP contribution in [0.15, 0.2) is 18.3 Å². The zero-order chi connectivity index (χ0) is 12.1. The summed E-state index contributed by atoms with van der Waals surface area (Å²) in [5.74, 6) is 1.19. The summed E-state index contributed by atoms with van der Waals surface area (Å²) in [6, 6.07) is 4.87. The van der Waals surface area contributed by atoms with Gasteiger partial charge in [-0.15, -0.1) is 0 Å². The van der Waals surface area contributed by atoms with Crippen LogP contribution in [-0.2, 0) is 5.33 Å². The highest BCUT2D eigenvalue weighted by molar-refractivity contribution is 9.08. The van der Waals surface area contributed by atoms with E-state index in [9.17, 15) is 0 Å². The van der Waals surface area contributed by atoms with Crippen molar-refractivity contribution in [2.24, 2.45) is 0 Å². The maximum Gasteiger partial charge on any atom is 0.132 e. The first kappa shape index (κ1) is 12.9. The van der Waals surface area contributed by atoms with E-state index in [1.807, 2.05) is 12.3 Å². The van der Waals surface area contributed by atoms with Gasteiger partial charge in [0.25, 0.3) is 0 Å². The standard InChI is InChI=1S/C14H21BrN2/c1-2-13-8-4-3-5-10-17(13)14-12(11-15)7-6-9-16-14/h6-7,9,13H,2-5,8,10-11H2,1H3. The molecule has 1 aromatic heterocycles. The molecule has 1 unspecified atom stereocenters. The van der Waals surface area contributed by atoms with Crippen molar-refractivity contribution in [2.75, 3.05) is 11.4 Å². The minimum atomic E-state index is 0.671. The van der Waals surface area contributed by atoms with Crippen molar-refractivity contribution in [3.63, 3.8) is 0 Å². The minimum Gasteiger partial charge on any atom is -0.353 e. The van der Waals surface area contributed by atoms with Crippen LogP contribution in [0.5, 0.6) is 0 Å². The van der Waals surface area contributed by atoms with Gasteiger partial charge in [-0.25, -0.2) is 4.98 Å². The molecule has 0 radical (unpaired) electrons. The third kappa shape index (κ3) is 3.01. The molecule has 1 fully saturated rings. The number of anilines is 1. The van der Waals surface area contributed by atoms with Gasteiger partial charge in [0, 0.05) is 29.7 Å². The van der Waals surface area contributed by atoms with Crippen molar-refractivity contribution in [1.82, 2.24) is 4.98 Å². The lowest BCUT2D eigenvalue weighted by atomic mass is 10.1. The van der Waals surface area contributed by atoms with E-state index < -0.39 is 0 Å². The van der Waals surface area contributed by atoms with Crippen molar-refractivity contribution >= 4 is 21.7 Å². The summed E-state index contributed by atoms with van der Waals surface area (Å²) in [7, 11) is 0. The summed E-state index contributed by atoms with van der Waals surface area (Å²) in [6.07, 6.45) is 8.48. The van der Waals surface area contributed by atoms with E-state index in [4.69, 9.17) is 0 Å². The number of alkyl halides is 1. The predicted molar refractivity (Wildman–Crippen MR) is 76.8 cm³/mol. The summed E-state index contributed by atoms with van der Waals surface area (Å²) < 4.78 is 0. The van der Waals surface area contributed by atoms with Crippen LogP contribution in [-0.4, -0.2) is 17.6 Å². The third-order valence-corrected chi connectivity index (χ3v) is 4.24. The normalized spacial score (nSPS) is 21.3. The van der Waals surface area contributed by atoms with Crippen LogP contribution in [0.3, 0.4) is 0 Å². The van der Waals surface area contributed by atoms with Gasteiger partial charge >= 0.3 is 0 Å². The largest absolute Gasteiger partial charge is 0.353 e. The maximum atomic E-state index is 4.61. The number of nitrogens with zero attached hydrogens (tertiary/aromatic N) is 2. The topological polar surface area (TPSA) is 16.1 Å². The van der Waals surface area contributed by atoms with E-state index in [1.54, 1.807) is 0 Å². The monoisotopic (exact) mass is 296 g/mol. The lowest BCUT2D eigenvalue weighted by molar-refractivity contribution is 0.551. The van der Waals surface area contributed by atoms with Gasteiger partial charge in [0.1, 0.15) is 5.82 Å². The highest BCUT2D eigenvalue weighted by Crippen LogP contribution is 2.27. The number of hydrogen-bond donors (Lipinski definition) is 0. The fourth-order valence-electron chi connectivity index (χ4n) is 2.67. The van der Waals surface area contributed by atoms with Gasteiger partial charge < -0.3 is 4.90 Å². The molecule has 3 heteroatoms. The Hall–Kier alpha value is -0.570. The molecule has 2 rings (SSSR count). The van der Waals surface area contributed by atoms with Crippen molar-refractivity contribution in [1.29, 1.82) is 0 Å². The van der Waals surface area contributed by atoms with E-state index >= 15 is 0 Å². The van der Waals surface area contributed by atoms with Gasteiger partial charge in [-0.2, -0.15) is 0 Å². The molecule has 1 atom stereocenters. The fourth-order valence-corrected chi connectivity index (χ4v) is 3.11. The fraction of sp³-hybridized carbons (Fsp3) is 0.643. The second kappa shape index (κ2) is 6.39. The van der Waals surface area contributed by atoms with Crippen molar-refractivity contribution in [2.45, 2.75) is 50.4 Å². The molecule has 94 valence electrons. The predicted octanol–water partition coefficient (Wildman–Crippen LogP) is 4.14. The molecule has 1 aromatic rings. The summed E-state index contributed by atoms with van der Waals surface area (Å²) in [5, 5.41) is 0.892. The van der Waals surface area contributed by atoms with Crippen LogP contribution in [0.1, 0.15) is 44.6 Å². The number of pyridine rings is 1. The minimum absolute atomic E-state index is 0.671. The van der Waals surface area contributed by atoms with Crippen LogP contribution < -0.4 is 4.90 Å². The Morgan fingerprint density at radius 3 is 3.06 bits per heavy atom. The Labute approximate surface area is 113 Å². The molecule has 2 nitrogen and oxygen atoms in total. The molecule has 1 aliphatic heterocycles. The first-order chi connectivity index (χ1) is 8.36. The molecule has 1 aliphatic rings. The van der Waals surface area contributed by atoms with Gasteiger partial charge in [-0.1, -0.05) is 41.8 Å². The summed E-state index contributed by atoms with van der Waals surface area (Å²) >= 11 is 3.57. The number of rotatable bonds is 3. The van der Waals surface area contributed by atoms with Crippen molar-refractivity contribution in [3.8, 4) is 0 Å². The van der Waals surface area contributed by atoms with Gasteiger partial charge in [0.05, 0.1) is 0 Å². The molecule has 0 amide bonds. The van der Waals surface area contributed by atoms with Crippen LogP contribution in [0.2, 0.25) is 0 Å². The molecule has 0 bridgehead atoms. The second-order valence-electron chi connectivity index (χ2n) is 4.72. The smallest absolute Gasteiger partial charge is 0.132 e. The first-order valence-corrected chi connectivity index (χ1v) is 7.75. The molecule has 0 aliphatic carbocycles. The summed E-state index contributed by atoms with van der Waals surface area (Å²) in [6.45, 7) is 3.45. The number of halogens is 1. The van der Waals surface area contributed by atoms with Crippen molar-refractivity contribution in [3.05, 3.63) is 23.9 Å². The third-order valence-electron chi connectivity index (χ3n) is 3.63. The van der Waals surface area contributed by atoms with Crippen LogP contribution >= 0.6 is 15.9 Å². The Balaban J connectivity index is 2.28. The maximum absolute atomic E-state index is 4.61. The Kier molecular flexibility index (Phi) is 4.84. The molecule has 0 saturated carbocycles. The van der Waals surface area contributed by atoms with E-state index in [0.29, 0.717) is 6.04 Å². The highest BCUT2D eigenvalue weighted by atomic mass is 79.9. The lowest BCUT2D eigenvalue weighted by Crippen LogP contribution is -2.35. The van der Waals surface area contributed by atoms with Crippen molar-refractivity contribution < 1.29 is 0 Å². The Morgan fingerprint density at radius 2 is 2.29 bits per heavy atom. The summed E-state index contributed by atoms with van der Waals surface area (Å²) in [4.78, 5) is 7.14. The van der Waals surface area contributed by atoms with Gasteiger partial charge in [0.15, 0.2) is 0 Å². The van der Waals surface area contributed by atoms with Crippen LogP contribution in [0, 0.1) is 0 Å². The van der Waals surface area contributed by atoms with E-state index in [-0.39, 0.29) is 0 Å².